The Morgan fingerprint density at radius 1 is 1.00 bits per heavy atom. The van der Waals surface area contributed by atoms with E-state index in [9.17, 15) is 36.6 Å². The van der Waals surface area contributed by atoms with E-state index in [-0.39, 0.29) is 5.56 Å². The predicted molar refractivity (Wildman–Crippen MR) is 116 cm³/mol. The number of ether oxygens (including phenoxy) is 2. The number of halogens is 5. The summed E-state index contributed by atoms with van der Waals surface area (Å²) in [5.41, 5.74) is -3.54. The van der Waals surface area contributed by atoms with E-state index in [1.54, 1.807) is 20.8 Å². The van der Waals surface area contributed by atoms with Gasteiger partial charge in [0.15, 0.2) is 17.4 Å². The Hall–Kier alpha value is -3.37. The van der Waals surface area contributed by atoms with E-state index in [1.165, 1.54) is 13.8 Å². The summed E-state index contributed by atoms with van der Waals surface area (Å²) in [4.78, 5) is 23.8. The molecule has 11 heteroatoms. The molecule has 35 heavy (non-hydrogen) atoms. The monoisotopic (exact) mass is 503 g/mol. The van der Waals surface area contributed by atoms with Crippen LogP contribution in [0.3, 0.4) is 0 Å². The number of phenols is 1. The molecular weight excluding hydrogens is 477 g/mol. The van der Waals surface area contributed by atoms with Crippen molar-refractivity contribution in [3.8, 4) is 11.5 Å². The second-order valence-corrected chi connectivity index (χ2v) is 9.01. The van der Waals surface area contributed by atoms with Gasteiger partial charge in [0.1, 0.15) is 29.3 Å². The van der Waals surface area contributed by atoms with Gasteiger partial charge in [0, 0.05) is 23.6 Å². The van der Waals surface area contributed by atoms with Gasteiger partial charge in [-0.05, 0) is 32.9 Å². The average molecular weight is 503 g/mol. The zero-order valence-electron chi connectivity index (χ0n) is 19.8. The molecule has 2 aromatic rings. The first kappa shape index (κ1) is 27.9. The number of hydrogen-bond acceptors (Lipinski definition) is 5. The van der Waals surface area contributed by atoms with Crippen molar-refractivity contribution in [2.75, 3.05) is 0 Å². The number of carbonyl (C=O) groups is 2. The number of nitrogens with one attached hydrogen (secondary N) is 1. The molecule has 0 aliphatic heterocycles. The number of ketones is 1. The van der Waals surface area contributed by atoms with Crippen LogP contribution < -0.4 is 10.1 Å². The van der Waals surface area contributed by atoms with Gasteiger partial charge in [-0.1, -0.05) is 26.0 Å². The lowest BCUT2D eigenvalue weighted by Gasteiger charge is -2.20. The first-order chi connectivity index (χ1) is 16.0. The number of alkyl carbamates (subject to hydrolysis) is 1. The van der Waals surface area contributed by atoms with Crippen molar-refractivity contribution < 1.29 is 46.1 Å². The van der Waals surface area contributed by atoms with Crippen molar-refractivity contribution >= 4 is 11.9 Å². The number of aromatic hydroxyl groups is 1. The van der Waals surface area contributed by atoms with Crippen molar-refractivity contribution in [1.82, 2.24) is 5.32 Å². The Kier molecular flexibility index (Phi) is 8.35. The van der Waals surface area contributed by atoms with Crippen LogP contribution in [-0.2, 0) is 24.1 Å². The summed E-state index contributed by atoms with van der Waals surface area (Å²) in [6.07, 6.45) is -5.93. The van der Waals surface area contributed by atoms with Gasteiger partial charge in [-0.3, -0.25) is 4.79 Å². The molecule has 6 nitrogen and oxygen atoms in total. The molecule has 0 unspecified atom stereocenters. The quantitative estimate of drug-likeness (QED) is 0.351. The summed E-state index contributed by atoms with van der Waals surface area (Å²) in [6.45, 7) is 6.61. The highest BCUT2D eigenvalue weighted by molar-refractivity contribution is 6.00. The van der Waals surface area contributed by atoms with E-state index < -0.39 is 82.5 Å². The minimum Gasteiger partial charge on any atom is -0.506 e. The number of carbonyl (C=O) groups excluding carboxylic acids is 2. The summed E-state index contributed by atoms with van der Waals surface area (Å²) >= 11 is 0. The number of rotatable bonds is 7. The van der Waals surface area contributed by atoms with Gasteiger partial charge < -0.3 is 19.9 Å². The Bertz CT molecular complexity index is 1110. The number of benzene rings is 2. The largest absolute Gasteiger partial charge is 0.506 e. The minimum absolute atomic E-state index is 0.220. The summed E-state index contributed by atoms with van der Waals surface area (Å²) in [7, 11) is 0. The third kappa shape index (κ3) is 7.06. The zero-order valence-corrected chi connectivity index (χ0v) is 19.8. The summed E-state index contributed by atoms with van der Waals surface area (Å²) in [5, 5.41) is 12.4. The molecule has 0 aliphatic rings. The third-order valence-corrected chi connectivity index (χ3v) is 4.66. The average Bonchev–Trinajstić information content (AvgIpc) is 2.71. The maximum Gasteiger partial charge on any atom is 0.423 e. The number of amides is 1. The van der Waals surface area contributed by atoms with Crippen molar-refractivity contribution in [1.29, 1.82) is 0 Å². The van der Waals surface area contributed by atoms with Gasteiger partial charge in [-0.2, -0.15) is 13.2 Å². The van der Waals surface area contributed by atoms with E-state index in [0.717, 1.165) is 24.3 Å². The number of hydrogen-bond donors (Lipinski definition) is 2. The second-order valence-electron chi connectivity index (χ2n) is 9.01. The van der Waals surface area contributed by atoms with Crippen LogP contribution in [0.25, 0.3) is 0 Å². The molecule has 0 heterocycles. The van der Waals surface area contributed by atoms with Gasteiger partial charge in [0.25, 0.3) is 0 Å². The van der Waals surface area contributed by atoms with Crippen LogP contribution in [0, 0.1) is 17.6 Å². The van der Waals surface area contributed by atoms with Crippen LogP contribution in [0.1, 0.15) is 61.7 Å². The van der Waals surface area contributed by atoms with E-state index >= 15 is 0 Å². The van der Waals surface area contributed by atoms with Crippen molar-refractivity contribution in [2.24, 2.45) is 5.92 Å². The second kappa shape index (κ2) is 10.5. The molecule has 0 saturated heterocycles. The standard InChI is InChI=1S/C24H26F5NO5/c1-12(2)20(31)15-8-9-16(17(21(15)32)24(27,28)29)34-11-14-7-6-13(18(25)19(14)26)10-30-22(33)35-23(3,4)5/h6-9,12,32H,10-11H2,1-5H3,(H,30,33). The Morgan fingerprint density at radius 3 is 2.11 bits per heavy atom. The van der Waals surface area contributed by atoms with Crippen molar-refractivity contribution in [3.05, 3.63) is 58.2 Å². The molecule has 0 saturated carbocycles. The predicted octanol–water partition coefficient (Wildman–Crippen LogP) is 6.13. The molecule has 0 bridgehead atoms. The highest BCUT2D eigenvalue weighted by Crippen LogP contribution is 2.44. The lowest BCUT2D eigenvalue weighted by Crippen LogP contribution is -2.32. The smallest absolute Gasteiger partial charge is 0.423 e. The molecule has 2 rings (SSSR count). The topological polar surface area (TPSA) is 84.9 Å². The summed E-state index contributed by atoms with van der Waals surface area (Å²) in [5.74, 6) is -6.23. The molecule has 0 radical (unpaired) electrons. The highest BCUT2D eigenvalue weighted by Gasteiger charge is 2.40. The Balaban J connectivity index is 2.25. The van der Waals surface area contributed by atoms with Gasteiger partial charge >= 0.3 is 12.3 Å². The molecule has 0 aromatic heterocycles. The van der Waals surface area contributed by atoms with Crippen LogP contribution in [0.2, 0.25) is 0 Å². The maximum atomic E-state index is 14.5. The molecule has 2 N–H and O–H groups in total. The molecular formula is C24H26F5NO5. The lowest BCUT2D eigenvalue weighted by molar-refractivity contribution is -0.140. The van der Waals surface area contributed by atoms with Crippen LogP contribution in [-0.4, -0.2) is 22.6 Å². The summed E-state index contributed by atoms with van der Waals surface area (Å²) < 4.78 is 79.8. The van der Waals surface area contributed by atoms with E-state index in [0.29, 0.717) is 0 Å². The molecule has 2 aromatic carbocycles. The van der Waals surface area contributed by atoms with E-state index in [1.807, 2.05) is 0 Å². The summed E-state index contributed by atoms with van der Waals surface area (Å²) in [6, 6.07) is 4.05. The van der Waals surface area contributed by atoms with Crippen molar-refractivity contribution in [2.45, 2.75) is 59.5 Å². The van der Waals surface area contributed by atoms with Gasteiger partial charge in [0.2, 0.25) is 0 Å². The molecule has 1 amide bonds. The van der Waals surface area contributed by atoms with Gasteiger partial charge in [-0.25, -0.2) is 13.6 Å². The Labute approximate surface area is 199 Å². The number of phenolic OH excluding ortho intramolecular Hbond substituents is 1. The number of Topliss-reactive ketones (excluding diaryl/α,β-unsaturated/α-hetero) is 1. The molecule has 192 valence electrons. The van der Waals surface area contributed by atoms with Crippen LogP contribution in [0.15, 0.2) is 24.3 Å². The maximum absolute atomic E-state index is 14.5. The van der Waals surface area contributed by atoms with E-state index in [2.05, 4.69) is 5.32 Å². The fourth-order valence-electron chi connectivity index (χ4n) is 2.99. The third-order valence-electron chi connectivity index (χ3n) is 4.66. The highest BCUT2D eigenvalue weighted by atomic mass is 19.4. The number of alkyl halides is 3. The van der Waals surface area contributed by atoms with Gasteiger partial charge in [-0.15, -0.1) is 0 Å². The van der Waals surface area contributed by atoms with Crippen LogP contribution >= 0.6 is 0 Å². The van der Waals surface area contributed by atoms with Gasteiger partial charge in [0.05, 0.1) is 5.56 Å². The normalized spacial score (nSPS) is 12.0. The zero-order chi connectivity index (χ0) is 26.7. The van der Waals surface area contributed by atoms with Crippen molar-refractivity contribution in [3.63, 3.8) is 0 Å². The molecule has 0 fully saturated rings. The SMILES string of the molecule is CC(C)C(=O)c1ccc(OCc2ccc(CNC(=O)OC(C)(C)C)c(F)c2F)c(C(F)(F)F)c1O. The fraction of sp³-hybridized carbons (Fsp3) is 0.417. The molecule has 0 spiro atoms. The lowest BCUT2D eigenvalue weighted by atomic mass is 9.97. The Morgan fingerprint density at radius 2 is 1.57 bits per heavy atom. The fourth-order valence-corrected chi connectivity index (χ4v) is 2.99. The van der Waals surface area contributed by atoms with Crippen LogP contribution in [0.5, 0.6) is 11.5 Å². The molecule has 0 atom stereocenters. The molecule has 0 aliphatic carbocycles. The first-order valence-electron chi connectivity index (χ1n) is 10.6. The first-order valence-corrected chi connectivity index (χ1v) is 10.6. The van der Waals surface area contributed by atoms with Crippen LogP contribution in [0.4, 0.5) is 26.7 Å². The van der Waals surface area contributed by atoms with E-state index in [4.69, 9.17) is 9.47 Å². The minimum atomic E-state index is -5.09.